The zero-order chi connectivity index (χ0) is 13.7. The van der Waals surface area contributed by atoms with Gasteiger partial charge in [0.15, 0.2) is 9.84 Å². The van der Waals surface area contributed by atoms with Gasteiger partial charge in [0, 0.05) is 0 Å². The predicted molar refractivity (Wildman–Crippen MR) is 67.6 cm³/mol. The number of carbonyl (C=O) groups is 1. The predicted octanol–water partition coefficient (Wildman–Crippen LogP) is 1.94. The van der Waals surface area contributed by atoms with Crippen molar-refractivity contribution in [1.82, 2.24) is 0 Å². The quantitative estimate of drug-likeness (QED) is 0.889. The van der Waals surface area contributed by atoms with Gasteiger partial charge < -0.3 is 5.11 Å². The van der Waals surface area contributed by atoms with Gasteiger partial charge in [-0.3, -0.25) is 4.79 Å². The number of fused-ring (bicyclic) bond motifs is 1. The van der Waals surface area contributed by atoms with E-state index in [1.54, 1.807) is 18.2 Å². The van der Waals surface area contributed by atoms with Crippen molar-refractivity contribution in [2.75, 3.05) is 5.75 Å². The summed E-state index contributed by atoms with van der Waals surface area (Å²) in [6.45, 7) is 4.91. The minimum absolute atomic E-state index is 0.0645. The number of carboxylic acids is 1. The van der Waals surface area contributed by atoms with E-state index in [0.717, 1.165) is 5.56 Å². The topological polar surface area (TPSA) is 71.4 Å². The zero-order valence-electron chi connectivity index (χ0n) is 10.6. The van der Waals surface area contributed by atoms with Gasteiger partial charge in [0.25, 0.3) is 0 Å². The van der Waals surface area contributed by atoms with Crippen LogP contribution in [0.1, 0.15) is 37.8 Å². The van der Waals surface area contributed by atoms with E-state index in [1.807, 2.05) is 6.92 Å². The summed E-state index contributed by atoms with van der Waals surface area (Å²) in [5.74, 6) is -1.03. The molecule has 1 atom stereocenters. The average molecular weight is 268 g/mol. The Morgan fingerprint density at radius 2 is 2.00 bits per heavy atom. The lowest BCUT2D eigenvalue weighted by molar-refractivity contribution is -0.142. The molecule has 0 bridgehead atoms. The molecule has 0 saturated carbocycles. The molecule has 0 radical (unpaired) electrons. The second-order valence-corrected chi connectivity index (χ2v) is 7.31. The SMILES string of the molecule is CC1CS(=O)(=O)c2c1cccc2C(C)(C)C(=O)O. The summed E-state index contributed by atoms with van der Waals surface area (Å²) in [6.07, 6.45) is 0. The van der Waals surface area contributed by atoms with Crippen molar-refractivity contribution in [2.45, 2.75) is 37.0 Å². The molecule has 1 aliphatic heterocycles. The highest BCUT2D eigenvalue weighted by Gasteiger charge is 2.40. The molecule has 1 aromatic carbocycles. The maximum absolute atomic E-state index is 12.2. The summed E-state index contributed by atoms with van der Waals surface area (Å²) in [4.78, 5) is 11.5. The van der Waals surface area contributed by atoms with Gasteiger partial charge in [-0.2, -0.15) is 0 Å². The maximum atomic E-state index is 12.2. The zero-order valence-corrected chi connectivity index (χ0v) is 11.4. The van der Waals surface area contributed by atoms with Gasteiger partial charge in [0.1, 0.15) is 0 Å². The van der Waals surface area contributed by atoms with E-state index in [2.05, 4.69) is 0 Å². The van der Waals surface area contributed by atoms with E-state index >= 15 is 0 Å². The molecule has 98 valence electrons. The molecule has 0 fully saturated rings. The number of benzene rings is 1. The highest BCUT2D eigenvalue weighted by molar-refractivity contribution is 7.91. The van der Waals surface area contributed by atoms with E-state index in [-0.39, 0.29) is 16.6 Å². The first-order valence-corrected chi connectivity index (χ1v) is 7.42. The average Bonchev–Trinajstić information content (AvgIpc) is 2.49. The Labute approximate surface area is 107 Å². The van der Waals surface area contributed by atoms with Crippen LogP contribution in [0.25, 0.3) is 0 Å². The molecule has 1 aliphatic rings. The molecular formula is C13H16O4S. The fourth-order valence-electron chi connectivity index (χ4n) is 2.40. The van der Waals surface area contributed by atoms with E-state index in [9.17, 15) is 18.3 Å². The first-order chi connectivity index (χ1) is 8.18. The Morgan fingerprint density at radius 1 is 1.39 bits per heavy atom. The fourth-order valence-corrected chi connectivity index (χ4v) is 4.69. The lowest BCUT2D eigenvalue weighted by atomic mass is 9.83. The summed E-state index contributed by atoms with van der Waals surface area (Å²) in [6, 6.07) is 5.10. The smallest absolute Gasteiger partial charge is 0.313 e. The van der Waals surface area contributed by atoms with Gasteiger partial charge in [-0.1, -0.05) is 25.1 Å². The van der Waals surface area contributed by atoms with Crippen LogP contribution < -0.4 is 0 Å². The molecule has 0 aromatic heterocycles. The van der Waals surface area contributed by atoms with Crippen LogP contribution in [0, 0.1) is 0 Å². The third kappa shape index (κ3) is 1.73. The van der Waals surface area contributed by atoms with E-state index in [0.29, 0.717) is 5.56 Å². The third-order valence-electron chi connectivity index (χ3n) is 3.56. The summed E-state index contributed by atoms with van der Waals surface area (Å²) in [7, 11) is -3.37. The number of sulfone groups is 1. The van der Waals surface area contributed by atoms with Gasteiger partial charge in [-0.15, -0.1) is 0 Å². The normalized spacial score (nSPS) is 21.6. The highest BCUT2D eigenvalue weighted by Crippen LogP contribution is 2.41. The Hall–Kier alpha value is -1.36. The van der Waals surface area contributed by atoms with E-state index in [1.165, 1.54) is 13.8 Å². The molecule has 0 amide bonds. The Balaban J connectivity index is 2.79. The highest BCUT2D eigenvalue weighted by atomic mass is 32.2. The number of aliphatic carboxylic acids is 1. The maximum Gasteiger partial charge on any atom is 0.313 e. The van der Waals surface area contributed by atoms with Crippen LogP contribution in [0.3, 0.4) is 0 Å². The summed E-state index contributed by atoms with van der Waals surface area (Å²) >= 11 is 0. The van der Waals surface area contributed by atoms with Crippen LogP contribution in [0.15, 0.2) is 23.1 Å². The first-order valence-electron chi connectivity index (χ1n) is 5.77. The largest absolute Gasteiger partial charge is 0.481 e. The molecule has 1 N–H and O–H groups in total. The summed E-state index contributed by atoms with van der Waals surface area (Å²) in [5.41, 5.74) is -0.0821. The number of hydrogen-bond donors (Lipinski definition) is 1. The van der Waals surface area contributed by atoms with Crippen LogP contribution >= 0.6 is 0 Å². The minimum atomic E-state index is -3.37. The van der Waals surface area contributed by atoms with Crippen molar-refractivity contribution in [3.05, 3.63) is 29.3 Å². The van der Waals surface area contributed by atoms with Crippen molar-refractivity contribution >= 4 is 15.8 Å². The molecule has 0 aliphatic carbocycles. The second-order valence-electron chi connectivity index (χ2n) is 5.34. The van der Waals surface area contributed by atoms with Crippen LogP contribution in [-0.2, 0) is 20.0 Å². The molecule has 2 rings (SSSR count). The molecule has 5 heteroatoms. The molecule has 1 heterocycles. The summed E-state index contributed by atoms with van der Waals surface area (Å²) in [5, 5.41) is 9.27. The molecule has 4 nitrogen and oxygen atoms in total. The van der Waals surface area contributed by atoms with Crippen molar-refractivity contribution < 1.29 is 18.3 Å². The standard InChI is InChI=1S/C13H16O4S/c1-8-7-18(16,17)11-9(8)5-4-6-10(11)13(2,3)12(14)15/h4-6,8H,7H2,1-3H3,(H,14,15). The molecule has 0 saturated heterocycles. The molecular weight excluding hydrogens is 252 g/mol. The van der Waals surface area contributed by atoms with Gasteiger partial charge in [0.2, 0.25) is 0 Å². The molecule has 0 spiro atoms. The van der Waals surface area contributed by atoms with Crippen molar-refractivity contribution in [2.24, 2.45) is 0 Å². The Morgan fingerprint density at radius 3 is 2.56 bits per heavy atom. The van der Waals surface area contributed by atoms with Gasteiger partial charge in [0.05, 0.1) is 16.1 Å². The number of hydrogen-bond acceptors (Lipinski definition) is 3. The molecule has 18 heavy (non-hydrogen) atoms. The van der Waals surface area contributed by atoms with Crippen molar-refractivity contribution in [1.29, 1.82) is 0 Å². The first kappa shape index (κ1) is 13.1. The van der Waals surface area contributed by atoms with Gasteiger partial charge >= 0.3 is 5.97 Å². The van der Waals surface area contributed by atoms with Crippen LogP contribution in [-0.4, -0.2) is 25.2 Å². The van der Waals surface area contributed by atoms with Gasteiger partial charge in [-0.05, 0) is 30.9 Å². The molecule has 1 unspecified atom stereocenters. The minimum Gasteiger partial charge on any atom is -0.481 e. The van der Waals surface area contributed by atoms with E-state index < -0.39 is 21.2 Å². The second kappa shape index (κ2) is 3.82. The monoisotopic (exact) mass is 268 g/mol. The lowest BCUT2D eigenvalue weighted by Gasteiger charge is -2.22. The number of carboxylic acid groups (broad SMARTS) is 1. The Bertz CT molecular complexity index is 614. The fraction of sp³-hybridized carbons (Fsp3) is 0.462. The molecule has 1 aromatic rings. The van der Waals surface area contributed by atoms with Crippen LogP contribution in [0.2, 0.25) is 0 Å². The third-order valence-corrected chi connectivity index (χ3v) is 5.58. The Kier molecular flexibility index (Phi) is 2.77. The van der Waals surface area contributed by atoms with Crippen molar-refractivity contribution in [3.63, 3.8) is 0 Å². The lowest BCUT2D eigenvalue weighted by Crippen LogP contribution is -2.30. The summed E-state index contributed by atoms with van der Waals surface area (Å²) < 4.78 is 24.3. The van der Waals surface area contributed by atoms with E-state index in [4.69, 9.17) is 0 Å². The van der Waals surface area contributed by atoms with Crippen LogP contribution in [0.4, 0.5) is 0 Å². The van der Waals surface area contributed by atoms with Crippen molar-refractivity contribution in [3.8, 4) is 0 Å². The van der Waals surface area contributed by atoms with Crippen LogP contribution in [0.5, 0.6) is 0 Å². The number of rotatable bonds is 2. The van der Waals surface area contributed by atoms with Gasteiger partial charge in [-0.25, -0.2) is 8.42 Å².